The first-order valence-electron chi connectivity index (χ1n) is 46.0. The van der Waals surface area contributed by atoms with E-state index in [1.54, 1.807) is 46.5 Å². The molecule has 5 N–H and O–H groups in total. The fourth-order valence-corrected chi connectivity index (χ4v) is 16.8. The second-order valence-electron chi connectivity index (χ2n) is 35.2. The molecule has 49 nitrogen and oxygen atoms in total. The second kappa shape index (κ2) is 52.1. The highest BCUT2D eigenvalue weighted by molar-refractivity contribution is 5.77. The summed E-state index contributed by atoms with van der Waals surface area (Å²) in [6.45, 7) is 24.3. The molecule has 9 aliphatic heterocycles. The summed E-state index contributed by atoms with van der Waals surface area (Å²) in [7, 11) is 0. The number of amides is 5. The van der Waals surface area contributed by atoms with Gasteiger partial charge in [0.1, 0.15) is 95.2 Å². The molecule has 0 aliphatic carbocycles. The van der Waals surface area contributed by atoms with Crippen LogP contribution in [0, 0.1) is 0 Å². The van der Waals surface area contributed by atoms with Crippen molar-refractivity contribution in [3.05, 3.63) is 46.1 Å². The summed E-state index contributed by atoms with van der Waals surface area (Å²) in [6, 6.07) is -1.61. The lowest BCUT2D eigenvalue weighted by molar-refractivity contribution is -0.305. The fourth-order valence-electron chi connectivity index (χ4n) is 16.8. The molecule has 9 fully saturated rings. The summed E-state index contributed by atoms with van der Waals surface area (Å²) in [5.74, 6) is -4.93. The summed E-state index contributed by atoms with van der Waals surface area (Å²) < 4.78 is 168. The third-order valence-electron chi connectivity index (χ3n) is 22.7. The van der Waals surface area contributed by atoms with Crippen LogP contribution >= 0.6 is 0 Å². The highest BCUT2D eigenvalue weighted by Gasteiger charge is 2.69. The predicted molar refractivity (Wildman–Crippen MR) is 454 cm³/mol. The quantitative estimate of drug-likeness (QED) is 0.0221. The number of carbonyl (C=O) groups excluding carboxylic acids is 5. The van der Waals surface area contributed by atoms with E-state index in [9.17, 15) is 24.0 Å². The molecule has 0 unspecified atom stereocenters. The second-order valence-corrected chi connectivity index (χ2v) is 35.2. The van der Waals surface area contributed by atoms with Gasteiger partial charge in [-0.25, -0.2) is 14.0 Å². The van der Waals surface area contributed by atoms with E-state index in [1.165, 1.54) is 20.8 Å². The van der Waals surface area contributed by atoms with Gasteiger partial charge in [0.25, 0.3) is 0 Å². The summed E-state index contributed by atoms with van der Waals surface area (Å²) in [4.78, 5) is 65.6. The van der Waals surface area contributed by atoms with Gasteiger partial charge in [-0.05, 0) is 72.8 Å². The standard InChI is InChI=1S/C84H137N17O32/c1-58(102)88-66-69-72(128-78(4,5)125-69)82(55-121-75(66)131-82)53-116-40-38-113-34-32-110-29-26-107-23-20-99-44-61(92-96-99)47-118-50-81(91-65(106)17-13-10-14-18-86-64(105)16-12-11-15-19-87-95-85,52-120-49-63-46-101(98-94-63)22-25-109-28-31-112-36-37-115-42-43-124-84-57-123-77(133-84)68(90-60(3)104)71-74(84)130-80(8,9)127-71)51-119-48-62-45-100(97-93-62)21-24-108-27-30-111-33-35-114-39-41-117-54-83-56-122-76(132-83)67(89-59(2)103)70-73(83)129-79(6,7)126-70/h44-46,66-77H,10-43,47-57H2,1-9H3,(H,86,105)(H,88,102)(H,89,103)(H,90,104)(H,91,106)/t66-,67-,68-,69-,70-,71-,72-,73-,74-,75+,76+,77+,82+,83+,84+/m1/s1. The van der Waals surface area contributed by atoms with Crippen LogP contribution in [0.3, 0.4) is 0 Å². The van der Waals surface area contributed by atoms with Crippen molar-refractivity contribution >= 4 is 29.5 Å². The van der Waals surface area contributed by atoms with Crippen LogP contribution in [0.5, 0.6) is 0 Å². The van der Waals surface area contributed by atoms with Crippen molar-refractivity contribution in [3.63, 3.8) is 0 Å². The molecule has 0 aromatic carbocycles. The van der Waals surface area contributed by atoms with Crippen molar-refractivity contribution in [2.75, 3.05) is 205 Å². The Kier molecular flexibility index (Phi) is 41.1. The molecule has 3 aromatic rings. The maximum absolute atomic E-state index is 14.3. The maximum atomic E-state index is 14.3. The summed E-state index contributed by atoms with van der Waals surface area (Å²) in [5, 5.41) is 44.4. The molecule has 15 atom stereocenters. The maximum Gasteiger partial charge on any atom is 0.224 e. The summed E-state index contributed by atoms with van der Waals surface area (Å²) in [6.07, 6.45) is 4.44. The van der Waals surface area contributed by atoms with Crippen molar-refractivity contribution in [3.8, 4) is 0 Å². The number of hydrogen-bond acceptors (Lipinski definition) is 39. The fraction of sp³-hybridized carbons (Fsp3) is 0.869. The van der Waals surface area contributed by atoms with E-state index in [0.717, 1.165) is 6.42 Å². The molecule has 49 heteroatoms. The predicted octanol–water partition coefficient (Wildman–Crippen LogP) is 0.421. The van der Waals surface area contributed by atoms with Crippen molar-refractivity contribution in [2.45, 2.75) is 267 Å². The normalized spacial score (nSPS) is 27.5. The molecule has 5 amide bonds. The number of rotatable bonds is 69. The number of nitrogens with zero attached hydrogens (tertiary/aromatic N) is 12. The minimum atomic E-state index is -1.31. The molecule has 0 saturated carbocycles. The van der Waals surface area contributed by atoms with Gasteiger partial charge in [-0.2, -0.15) is 0 Å². The monoisotopic (exact) mass is 1900 g/mol. The van der Waals surface area contributed by atoms with Gasteiger partial charge in [0.15, 0.2) is 36.2 Å². The molecular weight excluding hydrogens is 1760 g/mol. The highest BCUT2D eigenvalue weighted by atomic mass is 16.9. The summed E-state index contributed by atoms with van der Waals surface area (Å²) >= 11 is 0. The SMILES string of the molecule is CC(=O)N[C@H]1[C@H]2OC[C@](COCCOCCOCCOCCn3cc(COCC(COCc4cn(CCOCCOCCOCCOC[C@@]56CO[C@@H](O5)[C@H](NC(C)=O)[C@H]5OC(C)(C)O[C@H]56)nn4)(COCc4cn(CCOCCOCCOCCO[C@@]56CO[C@@H](O5)[C@H](NC(C)=O)[C@H]5OC(C)(C)O[C@H]56)nn4)NC(=O)CCCCCNC(=O)CCCCCN=[N+]=[N-])nn3)(O2)[C@@H]2OC(C)(C)O[C@H]12. The molecule has 6 bridgehead atoms. The number of aromatic nitrogens is 9. The Morgan fingerprint density at radius 2 is 0.774 bits per heavy atom. The van der Waals surface area contributed by atoms with Crippen LogP contribution in [0.1, 0.15) is 131 Å². The van der Waals surface area contributed by atoms with E-state index in [2.05, 4.69) is 67.5 Å². The molecule has 12 heterocycles. The first-order valence-corrected chi connectivity index (χ1v) is 46.0. The van der Waals surface area contributed by atoms with Crippen LogP contribution in [-0.4, -0.2) is 393 Å². The molecular formula is C84H137N17O32. The zero-order chi connectivity index (χ0) is 94.0. The smallest absolute Gasteiger partial charge is 0.224 e. The lowest BCUT2D eigenvalue weighted by atomic mass is 9.88. The third kappa shape index (κ3) is 32.3. The van der Waals surface area contributed by atoms with Crippen LogP contribution in [-0.2, 0) is 191 Å². The third-order valence-corrected chi connectivity index (χ3v) is 22.7. The van der Waals surface area contributed by atoms with Gasteiger partial charge in [0, 0.05) is 51.6 Å². The Morgan fingerprint density at radius 3 is 1.18 bits per heavy atom. The van der Waals surface area contributed by atoms with Crippen molar-refractivity contribution in [1.82, 2.24) is 71.6 Å². The van der Waals surface area contributed by atoms with Crippen LogP contribution in [0.25, 0.3) is 10.4 Å². The molecule has 750 valence electrons. The highest BCUT2D eigenvalue weighted by Crippen LogP contribution is 2.50. The van der Waals surface area contributed by atoms with Gasteiger partial charge < -0.3 is 154 Å². The minimum absolute atomic E-state index is 0.00149. The van der Waals surface area contributed by atoms with Crippen molar-refractivity contribution < 1.29 is 152 Å². The first kappa shape index (κ1) is 105. The average molecular weight is 1900 g/mol. The number of unbranched alkanes of at least 4 members (excludes halogenated alkanes) is 4. The molecule has 12 rings (SSSR count). The van der Waals surface area contributed by atoms with Gasteiger partial charge >= 0.3 is 0 Å². The van der Waals surface area contributed by atoms with E-state index in [-0.39, 0.29) is 122 Å². The van der Waals surface area contributed by atoms with E-state index < -0.39 is 114 Å². The van der Waals surface area contributed by atoms with Crippen LogP contribution < -0.4 is 26.6 Å². The number of carbonyl (C=O) groups is 5. The number of nitrogens with one attached hydrogen (secondary N) is 5. The van der Waals surface area contributed by atoms with Crippen molar-refractivity contribution in [1.29, 1.82) is 0 Å². The van der Waals surface area contributed by atoms with Gasteiger partial charge in [-0.15, -0.1) is 15.3 Å². The largest absolute Gasteiger partial charge is 0.377 e. The van der Waals surface area contributed by atoms with Crippen molar-refractivity contribution in [2.24, 2.45) is 5.11 Å². The van der Waals surface area contributed by atoms with Crippen LogP contribution in [0.2, 0.25) is 0 Å². The lowest BCUT2D eigenvalue weighted by Gasteiger charge is -2.42. The number of azide groups is 1. The Balaban J connectivity index is 0.570. The zero-order valence-electron chi connectivity index (χ0n) is 77.9. The van der Waals surface area contributed by atoms with Gasteiger partial charge in [0.2, 0.25) is 35.3 Å². The Hall–Kier alpha value is -7.00. The summed E-state index contributed by atoms with van der Waals surface area (Å²) in [5.41, 5.74) is 6.98. The zero-order valence-corrected chi connectivity index (χ0v) is 77.9. The minimum Gasteiger partial charge on any atom is -0.377 e. The molecule has 133 heavy (non-hydrogen) atoms. The van der Waals surface area contributed by atoms with E-state index in [0.29, 0.717) is 214 Å². The van der Waals surface area contributed by atoms with Gasteiger partial charge in [0.05, 0.1) is 243 Å². The molecule has 0 radical (unpaired) electrons. The van der Waals surface area contributed by atoms with E-state index >= 15 is 0 Å². The Bertz CT molecular complexity index is 3930. The van der Waals surface area contributed by atoms with Gasteiger partial charge in [-0.1, -0.05) is 33.6 Å². The Morgan fingerprint density at radius 1 is 0.421 bits per heavy atom. The number of fused-ring (bicyclic) bond motifs is 12. The Labute approximate surface area is 772 Å². The number of ether oxygens (including phenoxy) is 27. The van der Waals surface area contributed by atoms with E-state index in [1.807, 2.05) is 27.7 Å². The van der Waals surface area contributed by atoms with Gasteiger partial charge in [-0.3, -0.25) is 24.0 Å². The lowest BCUT2D eigenvalue weighted by Crippen LogP contribution is -2.65. The molecule has 0 spiro atoms. The topological polar surface area (TPSA) is 536 Å². The first-order chi connectivity index (χ1) is 64.2. The molecule has 9 saturated heterocycles. The average Bonchev–Trinajstić information content (AvgIpc) is 1.58. The van der Waals surface area contributed by atoms with Crippen LogP contribution in [0.4, 0.5) is 0 Å². The molecule has 9 aliphatic rings. The van der Waals surface area contributed by atoms with E-state index in [4.69, 9.17) is 133 Å². The number of hydrogen-bond donors (Lipinski definition) is 5. The van der Waals surface area contributed by atoms with Crippen LogP contribution in [0.15, 0.2) is 23.7 Å². The molecule has 3 aromatic heterocycles.